The van der Waals surface area contributed by atoms with Crippen LogP contribution in [0.3, 0.4) is 0 Å². The summed E-state index contributed by atoms with van der Waals surface area (Å²) < 4.78 is 0. The first-order valence-corrected chi connectivity index (χ1v) is 7.01. The number of nitrogens with one attached hydrogen (secondary N) is 2. The molecule has 4 heteroatoms. The average molecular weight is 257 g/mol. The van der Waals surface area contributed by atoms with Crippen LogP contribution in [0.4, 0.5) is 0 Å². The molecule has 0 aliphatic carbocycles. The van der Waals surface area contributed by atoms with Crippen LogP contribution in [-0.4, -0.2) is 48.1 Å². The zero-order chi connectivity index (χ0) is 14.3. The van der Waals surface area contributed by atoms with E-state index in [2.05, 4.69) is 43.2 Å². The molecule has 0 rings (SSSR count). The highest BCUT2D eigenvalue weighted by Crippen LogP contribution is 2.04. The van der Waals surface area contributed by atoms with Crippen molar-refractivity contribution in [3.63, 3.8) is 0 Å². The largest absolute Gasteiger partial charge is 0.353 e. The molecule has 18 heavy (non-hydrogen) atoms. The summed E-state index contributed by atoms with van der Waals surface area (Å²) in [4.78, 5) is 14.4. The fraction of sp³-hybridized carbons (Fsp3) is 0.929. The van der Waals surface area contributed by atoms with Gasteiger partial charge in [0.15, 0.2) is 0 Å². The quantitative estimate of drug-likeness (QED) is 0.694. The standard InChI is InChI=1S/C14H31N3O/c1-8-16-14(6,7)13(18)15-9-10-17(11(2)3)12(4)5/h11-12,16H,8-10H2,1-7H3,(H,15,18). The Bertz CT molecular complexity index is 241. The lowest BCUT2D eigenvalue weighted by Gasteiger charge is -2.31. The minimum atomic E-state index is -0.491. The van der Waals surface area contributed by atoms with E-state index in [0.717, 1.165) is 13.1 Å². The lowest BCUT2D eigenvalue weighted by Crippen LogP contribution is -2.54. The molecule has 0 spiro atoms. The first-order valence-electron chi connectivity index (χ1n) is 7.01. The van der Waals surface area contributed by atoms with Gasteiger partial charge in [-0.3, -0.25) is 9.69 Å². The zero-order valence-corrected chi connectivity index (χ0v) is 13.1. The Balaban J connectivity index is 4.14. The molecule has 0 aromatic rings. The summed E-state index contributed by atoms with van der Waals surface area (Å²) >= 11 is 0. The minimum Gasteiger partial charge on any atom is -0.353 e. The molecule has 0 radical (unpaired) electrons. The van der Waals surface area contributed by atoms with Crippen LogP contribution in [0.5, 0.6) is 0 Å². The molecule has 0 unspecified atom stereocenters. The Labute approximate surface area is 113 Å². The molecule has 0 saturated carbocycles. The number of hydrogen-bond acceptors (Lipinski definition) is 3. The first kappa shape index (κ1) is 17.4. The van der Waals surface area contributed by atoms with Crippen LogP contribution in [-0.2, 0) is 4.79 Å². The third-order valence-electron chi connectivity index (χ3n) is 3.17. The van der Waals surface area contributed by atoms with E-state index in [1.165, 1.54) is 0 Å². The van der Waals surface area contributed by atoms with Crippen molar-refractivity contribution in [2.24, 2.45) is 0 Å². The second-order valence-electron chi connectivity index (χ2n) is 5.84. The summed E-state index contributed by atoms with van der Waals surface area (Å²) in [6.07, 6.45) is 0. The Morgan fingerprint density at radius 3 is 2.06 bits per heavy atom. The van der Waals surface area contributed by atoms with Gasteiger partial charge in [0, 0.05) is 25.2 Å². The number of hydrogen-bond donors (Lipinski definition) is 2. The summed E-state index contributed by atoms with van der Waals surface area (Å²) in [5.41, 5.74) is -0.491. The fourth-order valence-corrected chi connectivity index (χ4v) is 2.15. The van der Waals surface area contributed by atoms with Crippen LogP contribution in [0.2, 0.25) is 0 Å². The van der Waals surface area contributed by atoms with Gasteiger partial charge in [-0.2, -0.15) is 0 Å². The summed E-state index contributed by atoms with van der Waals surface area (Å²) in [5.74, 6) is 0.0665. The van der Waals surface area contributed by atoms with Gasteiger partial charge >= 0.3 is 0 Å². The second-order valence-corrected chi connectivity index (χ2v) is 5.84. The summed E-state index contributed by atoms with van der Waals surface area (Å²) in [5, 5.41) is 6.18. The number of carbonyl (C=O) groups excluding carboxylic acids is 1. The van der Waals surface area contributed by atoms with Gasteiger partial charge in [-0.1, -0.05) is 6.92 Å². The van der Waals surface area contributed by atoms with E-state index in [1.807, 2.05) is 20.8 Å². The number of nitrogens with zero attached hydrogens (tertiary/aromatic N) is 1. The third kappa shape index (κ3) is 5.83. The van der Waals surface area contributed by atoms with Crippen molar-refractivity contribution in [1.82, 2.24) is 15.5 Å². The minimum absolute atomic E-state index is 0.0665. The van der Waals surface area contributed by atoms with E-state index in [0.29, 0.717) is 18.6 Å². The SMILES string of the molecule is CCNC(C)(C)C(=O)NCCN(C(C)C)C(C)C. The van der Waals surface area contributed by atoms with Crippen LogP contribution >= 0.6 is 0 Å². The lowest BCUT2D eigenvalue weighted by molar-refractivity contribution is -0.126. The van der Waals surface area contributed by atoms with Gasteiger partial charge in [0.1, 0.15) is 0 Å². The van der Waals surface area contributed by atoms with Crippen molar-refractivity contribution in [1.29, 1.82) is 0 Å². The average Bonchev–Trinajstić information content (AvgIpc) is 2.22. The number of likely N-dealkylation sites (N-methyl/N-ethyl adjacent to an activating group) is 1. The Morgan fingerprint density at radius 2 is 1.67 bits per heavy atom. The first-order chi connectivity index (χ1) is 8.22. The van der Waals surface area contributed by atoms with Crippen LogP contribution in [0, 0.1) is 0 Å². The maximum atomic E-state index is 12.0. The van der Waals surface area contributed by atoms with Gasteiger partial charge in [0.2, 0.25) is 5.91 Å². The monoisotopic (exact) mass is 257 g/mol. The highest BCUT2D eigenvalue weighted by molar-refractivity contribution is 5.85. The normalized spacial score (nSPS) is 12.6. The van der Waals surface area contributed by atoms with E-state index in [4.69, 9.17) is 0 Å². The van der Waals surface area contributed by atoms with Crippen molar-refractivity contribution in [3.05, 3.63) is 0 Å². The van der Waals surface area contributed by atoms with E-state index in [1.54, 1.807) is 0 Å². The summed E-state index contributed by atoms with van der Waals surface area (Å²) in [6.45, 7) is 17.0. The molecule has 0 aromatic heterocycles. The molecular weight excluding hydrogens is 226 g/mol. The smallest absolute Gasteiger partial charge is 0.239 e. The predicted octanol–water partition coefficient (Wildman–Crippen LogP) is 1.61. The zero-order valence-electron chi connectivity index (χ0n) is 13.1. The highest BCUT2D eigenvalue weighted by Gasteiger charge is 2.25. The molecule has 1 amide bonds. The molecular formula is C14H31N3O. The fourth-order valence-electron chi connectivity index (χ4n) is 2.15. The van der Waals surface area contributed by atoms with Gasteiger partial charge in [0.05, 0.1) is 5.54 Å². The van der Waals surface area contributed by atoms with E-state index in [9.17, 15) is 4.79 Å². The molecule has 0 aliphatic heterocycles. The van der Waals surface area contributed by atoms with Crippen molar-refractivity contribution in [2.45, 2.75) is 66.1 Å². The summed E-state index contributed by atoms with van der Waals surface area (Å²) in [7, 11) is 0. The molecule has 0 saturated heterocycles. The van der Waals surface area contributed by atoms with Crippen LogP contribution < -0.4 is 10.6 Å². The third-order valence-corrected chi connectivity index (χ3v) is 3.17. The molecule has 0 atom stereocenters. The van der Waals surface area contributed by atoms with Crippen molar-refractivity contribution >= 4 is 5.91 Å². The topological polar surface area (TPSA) is 44.4 Å². The van der Waals surface area contributed by atoms with Crippen molar-refractivity contribution in [2.75, 3.05) is 19.6 Å². The van der Waals surface area contributed by atoms with Crippen molar-refractivity contribution < 1.29 is 4.79 Å². The number of carbonyl (C=O) groups is 1. The van der Waals surface area contributed by atoms with Gasteiger partial charge in [-0.15, -0.1) is 0 Å². The lowest BCUT2D eigenvalue weighted by atomic mass is 10.0. The van der Waals surface area contributed by atoms with Gasteiger partial charge in [0.25, 0.3) is 0 Å². The van der Waals surface area contributed by atoms with Crippen LogP contribution in [0.15, 0.2) is 0 Å². The van der Waals surface area contributed by atoms with Crippen molar-refractivity contribution in [3.8, 4) is 0 Å². The molecule has 2 N–H and O–H groups in total. The Kier molecular flexibility index (Phi) is 7.48. The molecule has 0 aliphatic rings. The van der Waals surface area contributed by atoms with Gasteiger partial charge < -0.3 is 10.6 Å². The predicted molar refractivity (Wildman–Crippen MR) is 77.7 cm³/mol. The second kappa shape index (κ2) is 7.74. The molecule has 0 heterocycles. The van der Waals surface area contributed by atoms with Gasteiger partial charge in [-0.25, -0.2) is 0 Å². The molecule has 0 fully saturated rings. The molecule has 0 aromatic carbocycles. The molecule has 0 bridgehead atoms. The van der Waals surface area contributed by atoms with E-state index >= 15 is 0 Å². The van der Waals surface area contributed by atoms with Gasteiger partial charge in [-0.05, 0) is 48.1 Å². The molecule has 108 valence electrons. The van der Waals surface area contributed by atoms with E-state index in [-0.39, 0.29) is 5.91 Å². The Hall–Kier alpha value is -0.610. The summed E-state index contributed by atoms with van der Waals surface area (Å²) in [6, 6.07) is 1.01. The maximum absolute atomic E-state index is 12.0. The maximum Gasteiger partial charge on any atom is 0.239 e. The Morgan fingerprint density at radius 1 is 1.17 bits per heavy atom. The highest BCUT2D eigenvalue weighted by atomic mass is 16.2. The van der Waals surface area contributed by atoms with Crippen LogP contribution in [0.1, 0.15) is 48.5 Å². The number of amides is 1. The van der Waals surface area contributed by atoms with Crippen LogP contribution in [0.25, 0.3) is 0 Å². The number of rotatable bonds is 8. The van der Waals surface area contributed by atoms with E-state index < -0.39 is 5.54 Å². The molecule has 4 nitrogen and oxygen atoms in total.